The van der Waals surface area contributed by atoms with Gasteiger partial charge in [0.2, 0.25) is 0 Å². The van der Waals surface area contributed by atoms with Crippen molar-refractivity contribution in [3.8, 4) is 5.75 Å². The maximum atomic E-state index is 10.9. The molecule has 1 aromatic rings. The fourth-order valence-corrected chi connectivity index (χ4v) is 2.42. The zero-order chi connectivity index (χ0) is 12.1. The molecule has 0 amide bonds. The molecule has 1 aromatic carbocycles. The Morgan fingerprint density at radius 3 is 2.71 bits per heavy atom. The number of benzene rings is 1. The van der Waals surface area contributed by atoms with Gasteiger partial charge in [0.05, 0.1) is 5.56 Å². The van der Waals surface area contributed by atoms with E-state index >= 15 is 0 Å². The zero-order valence-corrected chi connectivity index (χ0v) is 10.1. The number of hydrogen-bond donors (Lipinski definition) is 1. The normalized spacial score (nSPS) is 16.9. The third-order valence-corrected chi connectivity index (χ3v) is 3.44. The molecule has 92 valence electrons. The molecule has 0 radical (unpaired) electrons. The Balaban J connectivity index is 1.98. The van der Waals surface area contributed by atoms with Gasteiger partial charge in [-0.15, -0.1) is 0 Å². The molecule has 1 heterocycles. The average Bonchev–Trinajstić information content (AvgIpc) is 2.37. The van der Waals surface area contributed by atoms with Gasteiger partial charge in [0.25, 0.3) is 0 Å². The van der Waals surface area contributed by atoms with Gasteiger partial charge in [-0.2, -0.15) is 0 Å². The molecule has 0 atom stereocenters. The number of phenols is 1. The molecule has 0 unspecified atom stereocenters. The summed E-state index contributed by atoms with van der Waals surface area (Å²) < 4.78 is 0. The highest BCUT2D eigenvalue weighted by Crippen LogP contribution is 2.20. The minimum absolute atomic E-state index is 0.0937. The summed E-state index contributed by atoms with van der Waals surface area (Å²) in [7, 11) is 0. The van der Waals surface area contributed by atoms with Crippen molar-refractivity contribution in [3.63, 3.8) is 0 Å². The molecule has 0 bridgehead atoms. The summed E-state index contributed by atoms with van der Waals surface area (Å²) in [5, 5.41) is 9.58. The van der Waals surface area contributed by atoms with Gasteiger partial charge >= 0.3 is 0 Å². The van der Waals surface area contributed by atoms with E-state index in [0.29, 0.717) is 5.56 Å². The standard InChI is InChI=1S/C14H19NO2/c16-11-13-12(5-4-6-14(13)17)7-10-15-8-2-1-3-9-15/h4-6,11,17H,1-3,7-10H2. The summed E-state index contributed by atoms with van der Waals surface area (Å²) in [4.78, 5) is 13.4. The van der Waals surface area contributed by atoms with Gasteiger partial charge in [-0.3, -0.25) is 4.79 Å². The lowest BCUT2D eigenvalue weighted by atomic mass is 10.0. The van der Waals surface area contributed by atoms with E-state index in [1.807, 2.05) is 6.07 Å². The lowest BCUT2D eigenvalue weighted by molar-refractivity contribution is 0.112. The molecule has 1 saturated heterocycles. The highest BCUT2D eigenvalue weighted by Gasteiger charge is 2.12. The number of rotatable bonds is 4. The number of carbonyl (C=O) groups excluding carboxylic acids is 1. The number of likely N-dealkylation sites (tertiary alicyclic amines) is 1. The van der Waals surface area contributed by atoms with Crippen LogP contribution in [0.25, 0.3) is 0 Å². The number of carbonyl (C=O) groups is 1. The largest absolute Gasteiger partial charge is 0.507 e. The number of hydrogen-bond acceptors (Lipinski definition) is 3. The number of piperidine rings is 1. The van der Waals surface area contributed by atoms with Crippen LogP contribution in [-0.4, -0.2) is 35.9 Å². The summed E-state index contributed by atoms with van der Waals surface area (Å²) in [5.41, 5.74) is 1.40. The molecule has 3 nitrogen and oxygen atoms in total. The summed E-state index contributed by atoms with van der Waals surface area (Å²) in [5.74, 6) is 0.0937. The summed E-state index contributed by atoms with van der Waals surface area (Å²) in [6, 6.07) is 5.29. The highest BCUT2D eigenvalue weighted by atomic mass is 16.3. The molecule has 0 aromatic heterocycles. The van der Waals surface area contributed by atoms with Gasteiger partial charge in [-0.05, 0) is 44.0 Å². The molecular formula is C14H19NO2. The van der Waals surface area contributed by atoms with Gasteiger partial charge in [0, 0.05) is 6.54 Å². The smallest absolute Gasteiger partial charge is 0.154 e. The Morgan fingerprint density at radius 2 is 2.00 bits per heavy atom. The first-order valence-electron chi connectivity index (χ1n) is 6.29. The molecule has 1 aliphatic rings. The van der Waals surface area contributed by atoms with Crippen LogP contribution in [0.2, 0.25) is 0 Å². The Bertz CT molecular complexity index is 384. The predicted molar refractivity (Wildman–Crippen MR) is 67.5 cm³/mol. The van der Waals surface area contributed by atoms with Crippen LogP contribution in [-0.2, 0) is 6.42 Å². The summed E-state index contributed by atoms with van der Waals surface area (Å²) >= 11 is 0. The summed E-state index contributed by atoms with van der Waals surface area (Å²) in [6.45, 7) is 3.30. The van der Waals surface area contributed by atoms with E-state index in [9.17, 15) is 9.90 Å². The third kappa shape index (κ3) is 3.07. The zero-order valence-electron chi connectivity index (χ0n) is 10.1. The fourth-order valence-electron chi connectivity index (χ4n) is 2.42. The van der Waals surface area contributed by atoms with Gasteiger partial charge < -0.3 is 10.0 Å². The first-order chi connectivity index (χ1) is 8.31. The van der Waals surface area contributed by atoms with E-state index in [2.05, 4.69) is 4.90 Å². The molecule has 1 aliphatic heterocycles. The van der Waals surface area contributed by atoms with Crippen LogP contribution < -0.4 is 0 Å². The molecule has 0 spiro atoms. The van der Waals surface area contributed by atoms with Crippen LogP contribution in [0, 0.1) is 0 Å². The SMILES string of the molecule is O=Cc1c(O)cccc1CCN1CCCCC1. The second kappa shape index (κ2) is 5.82. The molecular weight excluding hydrogens is 214 g/mol. The number of phenolic OH excluding ortho intramolecular Hbond substituents is 1. The Labute approximate surface area is 102 Å². The van der Waals surface area contributed by atoms with Crippen LogP contribution in [0.3, 0.4) is 0 Å². The first kappa shape index (κ1) is 12.1. The van der Waals surface area contributed by atoms with Gasteiger partial charge in [0.15, 0.2) is 6.29 Å². The molecule has 17 heavy (non-hydrogen) atoms. The van der Waals surface area contributed by atoms with Crippen molar-refractivity contribution in [1.29, 1.82) is 0 Å². The van der Waals surface area contributed by atoms with Crippen molar-refractivity contribution >= 4 is 6.29 Å². The minimum atomic E-state index is 0.0937. The monoisotopic (exact) mass is 233 g/mol. The maximum Gasteiger partial charge on any atom is 0.154 e. The third-order valence-electron chi connectivity index (χ3n) is 3.44. The second-order valence-corrected chi connectivity index (χ2v) is 4.62. The van der Waals surface area contributed by atoms with Gasteiger partial charge in [0.1, 0.15) is 5.75 Å². The lowest BCUT2D eigenvalue weighted by Gasteiger charge is -2.26. The van der Waals surface area contributed by atoms with Crippen LogP contribution in [0.5, 0.6) is 5.75 Å². The van der Waals surface area contributed by atoms with Crippen molar-refractivity contribution < 1.29 is 9.90 Å². The molecule has 1 N–H and O–H groups in total. The minimum Gasteiger partial charge on any atom is -0.507 e. The van der Waals surface area contributed by atoms with Crippen molar-refractivity contribution in [2.75, 3.05) is 19.6 Å². The van der Waals surface area contributed by atoms with Gasteiger partial charge in [-0.25, -0.2) is 0 Å². The Hall–Kier alpha value is -1.35. The van der Waals surface area contributed by atoms with Crippen molar-refractivity contribution in [2.24, 2.45) is 0 Å². The van der Waals surface area contributed by atoms with E-state index in [4.69, 9.17) is 0 Å². The van der Waals surface area contributed by atoms with E-state index in [1.54, 1.807) is 12.1 Å². The van der Waals surface area contributed by atoms with E-state index in [0.717, 1.165) is 37.9 Å². The van der Waals surface area contributed by atoms with E-state index in [-0.39, 0.29) is 5.75 Å². The first-order valence-corrected chi connectivity index (χ1v) is 6.29. The fraction of sp³-hybridized carbons (Fsp3) is 0.500. The molecule has 0 saturated carbocycles. The summed E-state index contributed by atoms with van der Waals surface area (Å²) in [6.07, 6.45) is 5.48. The van der Waals surface area contributed by atoms with Crippen LogP contribution in [0.15, 0.2) is 18.2 Å². The van der Waals surface area contributed by atoms with Crippen LogP contribution >= 0.6 is 0 Å². The van der Waals surface area contributed by atoms with Crippen molar-refractivity contribution in [3.05, 3.63) is 29.3 Å². The molecule has 1 fully saturated rings. The topological polar surface area (TPSA) is 40.5 Å². The second-order valence-electron chi connectivity index (χ2n) is 4.62. The van der Waals surface area contributed by atoms with E-state index in [1.165, 1.54) is 19.3 Å². The lowest BCUT2D eigenvalue weighted by Crippen LogP contribution is -2.31. The van der Waals surface area contributed by atoms with Gasteiger partial charge in [-0.1, -0.05) is 18.6 Å². The van der Waals surface area contributed by atoms with Crippen molar-refractivity contribution in [2.45, 2.75) is 25.7 Å². The van der Waals surface area contributed by atoms with E-state index < -0.39 is 0 Å². The maximum absolute atomic E-state index is 10.9. The van der Waals surface area contributed by atoms with Crippen molar-refractivity contribution in [1.82, 2.24) is 4.90 Å². The number of nitrogens with zero attached hydrogens (tertiary/aromatic N) is 1. The number of aldehydes is 1. The quantitative estimate of drug-likeness (QED) is 0.811. The van der Waals surface area contributed by atoms with Crippen LogP contribution in [0.1, 0.15) is 35.2 Å². The molecule has 0 aliphatic carbocycles. The van der Waals surface area contributed by atoms with Crippen LogP contribution in [0.4, 0.5) is 0 Å². The Kier molecular flexibility index (Phi) is 4.15. The molecule has 3 heteroatoms. The number of aromatic hydroxyl groups is 1. The predicted octanol–water partition coefficient (Wildman–Crippen LogP) is 2.23. The average molecular weight is 233 g/mol. The Morgan fingerprint density at radius 1 is 1.24 bits per heavy atom. The highest BCUT2D eigenvalue weighted by molar-refractivity contribution is 5.81. The molecule has 2 rings (SSSR count).